The molecule has 1 aromatic heterocycles. The Labute approximate surface area is 128 Å². The molecule has 2 N–H and O–H groups in total. The lowest BCUT2D eigenvalue weighted by atomic mass is 10.2. The first kappa shape index (κ1) is 13.9. The Morgan fingerprint density at radius 1 is 1.10 bits per heavy atom. The molecule has 0 fully saturated rings. The first-order chi connectivity index (χ1) is 10.3. The highest BCUT2D eigenvalue weighted by Crippen LogP contribution is 2.13. The summed E-state index contributed by atoms with van der Waals surface area (Å²) in [5.41, 5.74) is 3.10. The second kappa shape index (κ2) is 6.61. The summed E-state index contributed by atoms with van der Waals surface area (Å²) in [7, 11) is 0. The number of hydrogen-bond acceptors (Lipinski definition) is 3. The van der Waals surface area contributed by atoms with E-state index in [4.69, 9.17) is 16.3 Å². The predicted octanol–water partition coefficient (Wildman–Crippen LogP) is 3.85. The Balaban J connectivity index is 1.42. The summed E-state index contributed by atoms with van der Waals surface area (Å²) < 4.78 is 5.61. The van der Waals surface area contributed by atoms with Crippen LogP contribution in [0.5, 0.6) is 0 Å². The lowest BCUT2D eigenvalue weighted by Gasteiger charge is -2.05. The largest absolute Gasteiger partial charge is 0.375 e. The van der Waals surface area contributed by atoms with Crippen LogP contribution in [0.25, 0.3) is 11.0 Å². The van der Waals surface area contributed by atoms with Gasteiger partial charge in [-0.15, -0.1) is 0 Å². The van der Waals surface area contributed by atoms with Crippen molar-refractivity contribution in [1.82, 2.24) is 9.97 Å². The number of aromatic nitrogens is 2. The molecule has 0 unspecified atom stereocenters. The minimum atomic E-state index is 0.582. The zero-order chi connectivity index (χ0) is 14.5. The molecule has 0 atom stereocenters. The van der Waals surface area contributed by atoms with E-state index >= 15 is 0 Å². The molecule has 5 heteroatoms. The van der Waals surface area contributed by atoms with Crippen LogP contribution >= 0.6 is 11.6 Å². The van der Waals surface area contributed by atoms with Crippen LogP contribution < -0.4 is 5.32 Å². The van der Waals surface area contributed by atoms with Gasteiger partial charge in [0.1, 0.15) is 0 Å². The van der Waals surface area contributed by atoms with Crippen LogP contribution in [0.1, 0.15) is 5.56 Å². The molecule has 3 rings (SSSR count). The van der Waals surface area contributed by atoms with E-state index in [2.05, 4.69) is 15.3 Å². The Morgan fingerprint density at radius 3 is 2.71 bits per heavy atom. The lowest BCUT2D eigenvalue weighted by molar-refractivity contribution is 0.130. The zero-order valence-corrected chi connectivity index (χ0v) is 12.2. The van der Waals surface area contributed by atoms with E-state index in [0.717, 1.165) is 27.6 Å². The fraction of sp³-hybridized carbons (Fsp3) is 0.188. The molecule has 0 spiro atoms. The molecule has 1 heterocycles. The fourth-order valence-corrected chi connectivity index (χ4v) is 2.17. The van der Waals surface area contributed by atoms with Crippen molar-refractivity contribution >= 4 is 28.6 Å². The first-order valence-electron chi connectivity index (χ1n) is 6.82. The van der Waals surface area contributed by atoms with Crippen molar-refractivity contribution < 1.29 is 4.74 Å². The lowest BCUT2D eigenvalue weighted by Crippen LogP contribution is -2.10. The molecule has 0 bridgehead atoms. The minimum absolute atomic E-state index is 0.582. The zero-order valence-electron chi connectivity index (χ0n) is 11.5. The van der Waals surface area contributed by atoms with Crippen LogP contribution in [-0.4, -0.2) is 23.1 Å². The number of H-pyrrole nitrogens is 1. The van der Waals surface area contributed by atoms with E-state index in [1.165, 1.54) is 0 Å². The summed E-state index contributed by atoms with van der Waals surface area (Å²) in [4.78, 5) is 7.66. The number of ether oxygens (including phenoxy) is 1. The molecule has 108 valence electrons. The van der Waals surface area contributed by atoms with E-state index in [9.17, 15) is 0 Å². The molecular formula is C16H16ClN3O. The molecule has 0 aliphatic rings. The minimum Gasteiger partial charge on any atom is -0.375 e. The van der Waals surface area contributed by atoms with Gasteiger partial charge in [-0.3, -0.25) is 0 Å². The maximum absolute atomic E-state index is 5.84. The van der Waals surface area contributed by atoms with Gasteiger partial charge in [0.15, 0.2) is 0 Å². The number of aromatic amines is 1. The summed E-state index contributed by atoms with van der Waals surface area (Å²) in [5.74, 6) is 0.770. The topological polar surface area (TPSA) is 49.9 Å². The van der Waals surface area contributed by atoms with Crippen molar-refractivity contribution in [3.8, 4) is 0 Å². The summed E-state index contributed by atoms with van der Waals surface area (Å²) in [6.07, 6.45) is 0. The molecule has 0 amide bonds. The van der Waals surface area contributed by atoms with Crippen LogP contribution in [0.15, 0.2) is 48.5 Å². The van der Waals surface area contributed by atoms with Gasteiger partial charge in [-0.1, -0.05) is 35.9 Å². The summed E-state index contributed by atoms with van der Waals surface area (Å²) in [6, 6.07) is 15.6. The van der Waals surface area contributed by atoms with Gasteiger partial charge >= 0.3 is 0 Å². The number of nitrogens with zero attached hydrogens (tertiary/aromatic N) is 1. The molecule has 2 aromatic carbocycles. The van der Waals surface area contributed by atoms with Crippen LogP contribution in [0.4, 0.5) is 5.95 Å². The van der Waals surface area contributed by atoms with Crippen molar-refractivity contribution in [3.05, 3.63) is 59.1 Å². The molecule has 0 saturated heterocycles. The molecular weight excluding hydrogens is 286 g/mol. The quantitative estimate of drug-likeness (QED) is 0.680. The highest BCUT2D eigenvalue weighted by molar-refractivity contribution is 6.30. The first-order valence-corrected chi connectivity index (χ1v) is 7.20. The summed E-state index contributed by atoms with van der Waals surface area (Å²) in [5, 5.41) is 3.96. The van der Waals surface area contributed by atoms with Crippen molar-refractivity contribution in [2.24, 2.45) is 0 Å². The Bertz CT molecular complexity index is 676. The van der Waals surface area contributed by atoms with Crippen molar-refractivity contribution in [1.29, 1.82) is 0 Å². The van der Waals surface area contributed by atoms with Crippen LogP contribution in [0.2, 0.25) is 5.02 Å². The van der Waals surface area contributed by atoms with Gasteiger partial charge in [-0.05, 0) is 29.8 Å². The average Bonchev–Trinajstić information content (AvgIpc) is 2.91. The van der Waals surface area contributed by atoms with E-state index in [0.29, 0.717) is 19.8 Å². The number of nitrogens with one attached hydrogen (secondary N) is 2. The van der Waals surface area contributed by atoms with Gasteiger partial charge in [0.2, 0.25) is 5.95 Å². The van der Waals surface area contributed by atoms with Crippen LogP contribution in [0, 0.1) is 0 Å². The summed E-state index contributed by atoms with van der Waals surface area (Å²) >= 11 is 5.84. The predicted molar refractivity (Wildman–Crippen MR) is 85.7 cm³/mol. The fourth-order valence-electron chi connectivity index (χ4n) is 2.05. The standard InChI is InChI=1S/C16H16ClN3O/c17-13-7-5-12(6-8-13)11-21-10-9-18-16-19-14-3-1-2-4-15(14)20-16/h1-8H,9-11H2,(H2,18,19,20). The van der Waals surface area contributed by atoms with Crippen molar-refractivity contribution in [3.63, 3.8) is 0 Å². The number of halogens is 1. The normalized spacial score (nSPS) is 10.9. The maximum Gasteiger partial charge on any atom is 0.201 e. The highest BCUT2D eigenvalue weighted by atomic mass is 35.5. The Morgan fingerprint density at radius 2 is 1.90 bits per heavy atom. The number of benzene rings is 2. The van der Waals surface area contributed by atoms with E-state index in [1.54, 1.807) is 0 Å². The van der Waals surface area contributed by atoms with Crippen LogP contribution in [0.3, 0.4) is 0 Å². The van der Waals surface area contributed by atoms with Gasteiger partial charge < -0.3 is 15.0 Å². The maximum atomic E-state index is 5.84. The number of anilines is 1. The number of imidazole rings is 1. The Hall–Kier alpha value is -2.04. The third kappa shape index (κ3) is 3.74. The molecule has 0 radical (unpaired) electrons. The molecule has 0 aliphatic heterocycles. The third-order valence-corrected chi connectivity index (χ3v) is 3.36. The van der Waals surface area contributed by atoms with Gasteiger partial charge in [0, 0.05) is 11.6 Å². The number of fused-ring (bicyclic) bond motifs is 1. The second-order valence-corrected chi connectivity index (χ2v) is 5.14. The average molecular weight is 302 g/mol. The smallest absolute Gasteiger partial charge is 0.201 e. The summed E-state index contributed by atoms with van der Waals surface area (Å²) in [6.45, 7) is 1.89. The van der Waals surface area contributed by atoms with Gasteiger partial charge in [0.05, 0.1) is 24.2 Å². The third-order valence-electron chi connectivity index (χ3n) is 3.11. The van der Waals surface area contributed by atoms with Gasteiger partial charge in [0.25, 0.3) is 0 Å². The van der Waals surface area contributed by atoms with Crippen molar-refractivity contribution in [2.45, 2.75) is 6.61 Å². The molecule has 3 aromatic rings. The van der Waals surface area contributed by atoms with Gasteiger partial charge in [-0.2, -0.15) is 0 Å². The highest BCUT2D eigenvalue weighted by Gasteiger charge is 2.00. The van der Waals surface area contributed by atoms with E-state index < -0.39 is 0 Å². The van der Waals surface area contributed by atoms with E-state index in [1.807, 2.05) is 48.5 Å². The van der Waals surface area contributed by atoms with E-state index in [-0.39, 0.29) is 0 Å². The van der Waals surface area contributed by atoms with Crippen LogP contribution in [-0.2, 0) is 11.3 Å². The Kier molecular flexibility index (Phi) is 4.38. The molecule has 21 heavy (non-hydrogen) atoms. The SMILES string of the molecule is Clc1ccc(COCCNc2nc3ccccc3[nH]2)cc1. The number of para-hydroxylation sites is 2. The molecule has 4 nitrogen and oxygen atoms in total. The number of rotatable bonds is 6. The van der Waals surface area contributed by atoms with Gasteiger partial charge in [-0.25, -0.2) is 4.98 Å². The monoisotopic (exact) mass is 301 g/mol. The molecule has 0 aliphatic carbocycles. The molecule has 0 saturated carbocycles. The number of hydrogen-bond donors (Lipinski definition) is 2. The van der Waals surface area contributed by atoms with Crippen molar-refractivity contribution in [2.75, 3.05) is 18.5 Å². The second-order valence-electron chi connectivity index (χ2n) is 4.71.